The Morgan fingerprint density at radius 2 is 0.441 bits per heavy atom. The van der Waals surface area contributed by atoms with Crippen LogP contribution in [0.25, 0.3) is 0 Å². The molecule has 0 aliphatic heterocycles. The lowest BCUT2D eigenvalue weighted by Crippen LogP contribution is -2.50. The second kappa shape index (κ2) is 29.2. The van der Waals surface area contributed by atoms with Gasteiger partial charge in [-0.2, -0.15) is 0 Å². The van der Waals surface area contributed by atoms with Gasteiger partial charge in [0.2, 0.25) is 0 Å². The number of quaternary nitrogens is 1. The monoisotopic (exact) mass is 484 g/mol. The molecule has 0 aromatic heterocycles. The fraction of sp³-hybridized carbons (Fsp3) is 1.00. The van der Waals surface area contributed by atoms with E-state index in [9.17, 15) is 0 Å². The third kappa shape index (κ3) is 23.7. The zero-order chi connectivity index (χ0) is 24.3. The second-order valence-corrected chi connectivity index (χ2v) is 11.3. The van der Waals surface area contributed by atoms with Gasteiger partial charge in [-0.1, -0.05) is 130 Å². The van der Waals surface area contributed by atoms with Crippen molar-refractivity contribution in [2.24, 2.45) is 0 Å². The van der Waals surface area contributed by atoms with Gasteiger partial charge < -0.3 is 9.96 Å². The molecule has 0 fully saturated rings. The smallest absolute Gasteiger partial charge is 0.0786 e. The first-order valence-electron chi connectivity index (χ1n) is 16.1. The van der Waals surface area contributed by atoms with E-state index in [2.05, 4.69) is 27.7 Å². The molecule has 208 valence electrons. The molecule has 1 N–H and O–H groups in total. The highest BCUT2D eigenvalue weighted by atomic mass is 16.0. The fourth-order valence-electron chi connectivity index (χ4n) is 5.58. The molecule has 2 heteroatoms. The quantitative estimate of drug-likeness (QED) is 0.0803. The van der Waals surface area contributed by atoms with Crippen LogP contribution in [0.2, 0.25) is 0 Å². The number of hydrogen-bond donors (Lipinski definition) is 0. The van der Waals surface area contributed by atoms with Crippen LogP contribution in [0.3, 0.4) is 0 Å². The largest absolute Gasteiger partial charge is 0.870 e. The lowest BCUT2D eigenvalue weighted by Gasteiger charge is -2.39. The SMILES string of the molecule is CCCCCCCCCCCCCC[N+](CCCCCC)(CCCCCC)CCCCCC.[OH-]. The van der Waals surface area contributed by atoms with E-state index in [-0.39, 0.29) is 5.48 Å². The van der Waals surface area contributed by atoms with Gasteiger partial charge in [0.25, 0.3) is 0 Å². The van der Waals surface area contributed by atoms with Gasteiger partial charge in [0.1, 0.15) is 0 Å². The van der Waals surface area contributed by atoms with Crippen LogP contribution >= 0.6 is 0 Å². The Labute approximate surface area is 218 Å². The van der Waals surface area contributed by atoms with Gasteiger partial charge in [-0.05, 0) is 51.4 Å². The fourth-order valence-corrected chi connectivity index (χ4v) is 5.58. The molecular formula is C32H69NO. The maximum atomic E-state index is 2.35. The zero-order valence-electron chi connectivity index (χ0n) is 24.7. The van der Waals surface area contributed by atoms with E-state index in [1.807, 2.05) is 0 Å². The van der Waals surface area contributed by atoms with Crippen molar-refractivity contribution in [2.75, 3.05) is 26.2 Å². The molecule has 0 radical (unpaired) electrons. The van der Waals surface area contributed by atoms with Crippen molar-refractivity contribution < 1.29 is 9.96 Å². The minimum Gasteiger partial charge on any atom is -0.870 e. The van der Waals surface area contributed by atoms with Crippen LogP contribution < -0.4 is 0 Å². The van der Waals surface area contributed by atoms with Gasteiger partial charge in [-0.15, -0.1) is 0 Å². The van der Waals surface area contributed by atoms with Crippen LogP contribution in [-0.4, -0.2) is 36.1 Å². The lowest BCUT2D eigenvalue weighted by atomic mass is 10.0. The minimum absolute atomic E-state index is 0. The highest BCUT2D eigenvalue weighted by molar-refractivity contribution is 4.54. The third-order valence-electron chi connectivity index (χ3n) is 7.94. The van der Waals surface area contributed by atoms with Crippen molar-refractivity contribution in [3.8, 4) is 0 Å². The Kier molecular flexibility index (Phi) is 30.9. The predicted molar refractivity (Wildman–Crippen MR) is 155 cm³/mol. The van der Waals surface area contributed by atoms with E-state index < -0.39 is 0 Å². The number of nitrogens with zero attached hydrogens (tertiary/aromatic N) is 1. The topological polar surface area (TPSA) is 30.0 Å². The summed E-state index contributed by atoms with van der Waals surface area (Å²) < 4.78 is 1.47. The maximum Gasteiger partial charge on any atom is 0.0786 e. The third-order valence-corrected chi connectivity index (χ3v) is 7.94. The first kappa shape index (κ1) is 36.1. The number of hydrogen-bond acceptors (Lipinski definition) is 1. The Morgan fingerprint density at radius 3 is 0.676 bits per heavy atom. The molecule has 0 amide bonds. The molecule has 0 saturated heterocycles. The Morgan fingerprint density at radius 1 is 0.265 bits per heavy atom. The molecule has 0 heterocycles. The molecule has 0 aromatic carbocycles. The lowest BCUT2D eigenvalue weighted by molar-refractivity contribution is -0.929. The molecular weight excluding hydrogens is 414 g/mol. The van der Waals surface area contributed by atoms with Crippen molar-refractivity contribution in [1.82, 2.24) is 0 Å². The van der Waals surface area contributed by atoms with Crippen molar-refractivity contribution in [3.63, 3.8) is 0 Å². The first-order chi connectivity index (χ1) is 16.2. The van der Waals surface area contributed by atoms with Crippen LogP contribution in [0, 0.1) is 0 Å². The van der Waals surface area contributed by atoms with Gasteiger partial charge in [-0.25, -0.2) is 0 Å². The van der Waals surface area contributed by atoms with Gasteiger partial charge in [-0.3, -0.25) is 0 Å². The Hall–Kier alpha value is -0.0800. The van der Waals surface area contributed by atoms with Crippen LogP contribution in [0.1, 0.15) is 182 Å². The van der Waals surface area contributed by atoms with Crippen molar-refractivity contribution in [2.45, 2.75) is 182 Å². The number of unbranched alkanes of at least 4 members (excludes halogenated alkanes) is 20. The molecule has 0 spiro atoms. The summed E-state index contributed by atoms with van der Waals surface area (Å²) in [6, 6.07) is 0. The van der Waals surface area contributed by atoms with Crippen molar-refractivity contribution in [1.29, 1.82) is 0 Å². The van der Waals surface area contributed by atoms with Gasteiger partial charge in [0.15, 0.2) is 0 Å². The second-order valence-electron chi connectivity index (χ2n) is 11.3. The van der Waals surface area contributed by atoms with Crippen LogP contribution in [0.5, 0.6) is 0 Å². The summed E-state index contributed by atoms with van der Waals surface area (Å²) >= 11 is 0. The standard InChI is InChI=1S/C32H68N.H2O/c1-5-9-13-17-18-19-20-21-22-23-24-28-32-33(29-25-14-10-6-2,30-26-15-11-7-3)31-27-16-12-8-4;/h5-32H2,1-4H3;1H2/q+1;/p-1. The molecule has 0 aliphatic carbocycles. The highest BCUT2D eigenvalue weighted by Gasteiger charge is 2.25. The average Bonchev–Trinajstić information content (AvgIpc) is 2.83. The van der Waals surface area contributed by atoms with E-state index in [1.54, 1.807) is 0 Å². The van der Waals surface area contributed by atoms with Gasteiger partial charge in [0, 0.05) is 0 Å². The summed E-state index contributed by atoms with van der Waals surface area (Å²) in [5.41, 5.74) is 0. The summed E-state index contributed by atoms with van der Waals surface area (Å²) in [6.45, 7) is 15.2. The van der Waals surface area contributed by atoms with E-state index in [4.69, 9.17) is 0 Å². The summed E-state index contributed by atoms with van der Waals surface area (Å²) in [5, 5.41) is 0. The first-order valence-corrected chi connectivity index (χ1v) is 16.1. The van der Waals surface area contributed by atoms with E-state index in [1.165, 1.54) is 185 Å². The molecule has 0 aromatic rings. The number of rotatable bonds is 28. The molecule has 34 heavy (non-hydrogen) atoms. The van der Waals surface area contributed by atoms with E-state index >= 15 is 0 Å². The van der Waals surface area contributed by atoms with E-state index in [0.29, 0.717) is 0 Å². The zero-order valence-corrected chi connectivity index (χ0v) is 24.7. The van der Waals surface area contributed by atoms with Gasteiger partial charge in [0.05, 0.1) is 26.2 Å². The summed E-state index contributed by atoms with van der Waals surface area (Å²) in [5.74, 6) is 0. The minimum atomic E-state index is 0. The summed E-state index contributed by atoms with van der Waals surface area (Å²) in [7, 11) is 0. The van der Waals surface area contributed by atoms with E-state index in [0.717, 1.165) is 0 Å². The summed E-state index contributed by atoms with van der Waals surface area (Å²) in [4.78, 5) is 0. The Bertz CT molecular complexity index is 326. The van der Waals surface area contributed by atoms with Crippen molar-refractivity contribution in [3.05, 3.63) is 0 Å². The molecule has 0 rings (SSSR count). The van der Waals surface area contributed by atoms with Crippen LogP contribution in [0.15, 0.2) is 0 Å². The maximum absolute atomic E-state index is 2.35. The highest BCUT2D eigenvalue weighted by Crippen LogP contribution is 2.20. The molecule has 0 unspecified atom stereocenters. The molecule has 0 aliphatic rings. The average molecular weight is 484 g/mol. The van der Waals surface area contributed by atoms with Crippen LogP contribution in [0.4, 0.5) is 0 Å². The van der Waals surface area contributed by atoms with Gasteiger partial charge >= 0.3 is 0 Å². The molecule has 0 atom stereocenters. The summed E-state index contributed by atoms with van der Waals surface area (Å²) in [6.07, 6.45) is 34.8. The normalized spacial score (nSPS) is 11.6. The molecule has 0 saturated carbocycles. The Balaban J connectivity index is 0. The predicted octanol–water partition coefficient (Wildman–Crippen LogP) is 11.1. The molecule has 0 bridgehead atoms. The van der Waals surface area contributed by atoms with Crippen LogP contribution in [-0.2, 0) is 0 Å². The molecule has 2 nitrogen and oxygen atoms in total. The van der Waals surface area contributed by atoms with Crippen molar-refractivity contribution >= 4 is 0 Å².